The van der Waals surface area contributed by atoms with Crippen molar-refractivity contribution < 1.29 is 22.7 Å². The predicted molar refractivity (Wildman–Crippen MR) is 140 cm³/mol. The highest BCUT2D eigenvalue weighted by Gasteiger charge is 2.31. The molecule has 3 aromatic rings. The molecule has 1 aromatic heterocycles. The van der Waals surface area contributed by atoms with Gasteiger partial charge in [0.05, 0.1) is 10.00 Å². The van der Waals surface area contributed by atoms with E-state index in [1.807, 2.05) is 0 Å². The molecule has 2 heterocycles. The molecule has 2 aromatic carbocycles. The molecule has 4 rings (SSSR count). The first-order chi connectivity index (χ1) is 17.2. The van der Waals surface area contributed by atoms with E-state index >= 15 is 0 Å². The number of ether oxygens (including phenoxy) is 1. The van der Waals surface area contributed by atoms with Crippen molar-refractivity contribution in [3.05, 3.63) is 64.6 Å². The molecule has 0 spiro atoms. The summed E-state index contributed by atoms with van der Waals surface area (Å²) < 4.78 is 41.3. The van der Waals surface area contributed by atoms with Crippen molar-refractivity contribution in [3.8, 4) is 16.9 Å². The second-order valence-corrected chi connectivity index (χ2v) is 9.91. The molecule has 1 amide bonds. The zero-order valence-corrected chi connectivity index (χ0v) is 21.3. The third-order valence-corrected chi connectivity index (χ3v) is 7.46. The zero-order valence-electron chi connectivity index (χ0n) is 19.7. The quantitative estimate of drug-likeness (QED) is 0.324. The van der Waals surface area contributed by atoms with Crippen molar-refractivity contribution >= 4 is 40.1 Å². The smallest absolute Gasteiger partial charge is 0.406 e. The number of carbonyl (C=O) groups is 1. The van der Waals surface area contributed by atoms with E-state index in [0.717, 1.165) is 48.8 Å². The molecule has 190 valence electrons. The summed E-state index contributed by atoms with van der Waals surface area (Å²) in [6.45, 7) is 3.94. The number of benzene rings is 2. The van der Waals surface area contributed by atoms with Crippen LogP contribution in [0.2, 0.25) is 0 Å². The number of alkyl halides is 3. The maximum Gasteiger partial charge on any atom is 0.573 e. The number of rotatable bonds is 7. The second-order valence-electron chi connectivity index (χ2n) is 8.55. The fourth-order valence-corrected chi connectivity index (χ4v) is 5.55. The molecule has 0 unspecified atom stereocenters. The van der Waals surface area contributed by atoms with Crippen LogP contribution in [0.15, 0.2) is 53.9 Å². The first-order valence-electron chi connectivity index (χ1n) is 11.7. The number of hydrogen-bond donors (Lipinski definition) is 1. The highest BCUT2D eigenvalue weighted by molar-refractivity contribution is 7.80. The molecule has 0 bridgehead atoms. The molecule has 36 heavy (non-hydrogen) atoms. The van der Waals surface area contributed by atoms with E-state index in [0.29, 0.717) is 28.4 Å². The standard InChI is InChI=1S/C26H26F3N3O2S2/c1-2-5-23(35)32-14-12-18(13-15-32)25-31-22(16-36-25)24(33)30-21-7-4-3-6-20(21)17-8-10-19(11-9-17)34-26(27,28)29/h3-4,6-11,16,18H,2,5,12-15H2,1H3,(H,30,33). The number of nitrogens with one attached hydrogen (secondary N) is 1. The number of anilines is 1. The Morgan fingerprint density at radius 3 is 2.53 bits per heavy atom. The summed E-state index contributed by atoms with van der Waals surface area (Å²) in [5.41, 5.74) is 2.21. The molecule has 0 radical (unpaired) electrons. The maximum atomic E-state index is 13.0. The van der Waals surface area contributed by atoms with Crippen molar-refractivity contribution in [1.29, 1.82) is 0 Å². The monoisotopic (exact) mass is 533 g/mol. The minimum Gasteiger partial charge on any atom is -0.406 e. The van der Waals surface area contributed by atoms with Crippen molar-refractivity contribution in [1.82, 2.24) is 9.88 Å². The first kappa shape index (κ1) is 26.1. The van der Waals surface area contributed by atoms with Crippen LogP contribution < -0.4 is 10.1 Å². The largest absolute Gasteiger partial charge is 0.573 e. The predicted octanol–water partition coefficient (Wildman–Crippen LogP) is 7.27. The number of thiocarbonyl (C=S) groups is 1. The molecule has 1 saturated heterocycles. The molecule has 1 aliphatic heterocycles. The van der Waals surface area contributed by atoms with Crippen molar-refractivity contribution in [2.75, 3.05) is 18.4 Å². The van der Waals surface area contributed by atoms with Gasteiger partial charge in [0.2, 0.25) is 0 Å². The number of halogens is 3. The minimum absolute atomic E-state index is 0.305. The van der Waals surface area contributed by atoms with Gasteiger partial charge in [0, 0.05) is 35.6 Å². The van der Waals surface area contributed by atoms with Gasteiger partial charge in [0.1, 0.15) is 11.4 Å². The van der Waals surface area contributed by atoms with Gasteiger partial charge in [-0.3, -0.25) is 4.79 Å². The fraction of sp³-hybridized carbons (Fsp3) is 0.346. The number of amides is 1. The van der Waals surface area contributed by atoms with Gasteiger partial charge in [-0.2, -0.15) is 0 Å². The van der Waals surface area contributed by atoms with E-state index in [4.69, 9.17) is 12.2 Å². The highest BCUT2D eigenvalue weighted by atomic mass is 32.1. The number of para-hydroxylation sites is 1. The van der Waals surface area contributed by atoms with Crippen LogP contribution in [0.5, 0.6) is 5.75 Å². The van der Waals surface area contributed by atoms with E-state index in [-0.39, 0.29) is 11.7 Å². The molecule has 1 aliphatic rings. The van der Waals surface area contributed by atoms with Gasteiger partial charge in [0.15, 0.2) is 0 Å². The Bertz CT molecular complexity index is 1200. The van der Waals surface area contributed by atoms with Gasteiger partial charge in [-0.1, -0.05) is 49.5 Å². The average Bonchev–Trinajstić information content (AvgIpc) is 3.35. The summed E-state index contributed by atoms with van der Waals surface area (Å²) in [4.78, 5) is 20.9. The van der Waals surface area contributed by atoms with Crippen LogP contribution in [0, 0.1) is 0 Å². The van der Waals surface area contributed by atoms with Gasteiger partial charge in [0.25, 0.3) is 5.91 Å². The van der Waals surface area contributed by atoms with E-state index in [9.17, 15) is 18.0 Å². The number of piperidine rings is 1. The third kappa shape index (κ3) is 6.61. The summed E-state index contributed by atoms with van der Waals surface area (Å²) in [5, 5.41) is 5.62. The van der Waals surface area contributed by atoms with E-state index in [2.05, 4.69) is 26.9 Å². The summed E-state index contributed by atoms with van der Waals surface area (Å²) in [6.07, 6.45) is -0.859. The number of nitrogens with zero attached hydrogens (tertiary/aromatic N) is 2. The molecule has 0 atom stereocenters. The summed E-state index contributed by atoms with van der Waals surface area (Å²) in [7, 11) is 0. The Kier molecular flexibility index (Phi) is 8.25. The molecule has 0 saturated carbocycles. The van der Waals surface area contributed by atoms with Crippen LogP contribution in [0.25, 0.3) is 11.1 Å². The van der Waals surface area contributed by atoms with Crippen LogP contribution in [0.4, 0.5) is 18.9 Å². The lowest BCUT2D eigenvalue weighted by atomic mass is 9.97. The second kappa shape index (κ2) is 11.4. The van der Waals surface area contributed by atoms with Crippen LogP contribution >= 0.6 is 23.6 Å². The minimum atomic E-state index is -4.75. The van der Waals surface area contributed by atoms with E-state index in [1.165, 1.54) is 35.6 Å². The van der Waals surface area contributed by atoms with Gasteiger partial charge >= 0.3 is 6.36 Å². The normalized spacial score (nSPS) is 14.5. The summed E-state index contributed by atoms with van der Waals surface area (Å²) in [6, 6.07) is 12.6. The Morgan fingerprint density at radius 2 is 1.86 bits per heavy atom. The number of likely N-dealkylation sites (tertiary alicyclic amines) is 1. The van der Waals surface area contributed by atoms with Gasteiger partial charge in [-0.25, -0.2) is 4.98 Å². The zero-order chi connectivity index (χ0) is 25.7. The topological polar surface area (TPSA) is 54.5 Å². The Balaban J connectivity index is 1.42. The molecule has 0 aliphatic carbocycles. The van der Waals surface area contributed by atoms with Crippen LogP contribution in [0.3, 0.4) is 0 Å². The lowest BCUT2D eigenvalue weighted by molar-refractivity contribution is -0.274. The first-order valence-corrected chi connectivity index (χ1v) is 13.0. The third-order valence-electron chi connectivity index (χ3n) is 5.99. The Labute approximate surface area is 217 Å². The molecular weight excluding hydrogens is 507 g/mol. The van der Waals surface area contributed by atoms with Gasteiger partial charge in [-0.05, 0) is 49.4 Å². The van der Waals surface area contributed by atoms with Gasteiger partial charge in [-0.15, -0.1) is 24.5 Å². The van der Waals surface area contributed by atoms with Crippen molar-refractivity contribution in [2.45, 2.75) is 44.9 Å². The van der Waals surface area contributed by atoms with E-state index < -0.39 is 6.36 Å². The molecule has 10 heteroatoms. The fourth-order valence-electron chi connectivity index (χ4n) is 4.19. The molecule has 5 nitrogen and oxygen atoms in total. The number of aromatic nitrogens is 1. The number of hydrogen-bond acceptors (Lipinski definition) is 5. The van der Waals surface area contributed by atoms with Crippen LogP contribution in [-0.2, 0) is 0 Å². The lowest BCUT2D eigenvalue weighted by Gasteiger charge is -2.33. The SMILES string of the molecule is CCCC(=S)N1CCC(c2nc(C(=O)Nc3ccccc3-c3ccc(OC(F)(F)F)cc3)cs2)CC1. The van der Waals surface area contributed by atoms with Crippen LogP contribution in [0.1, 0.15) is 54.0 Å². The Hall–Kier alpha value is -2.98. The van der Waals surface area contributed by atoms with Crippen molar-refractivity contribution in [3.63, 3.8) is 0 Å². The van der Waals surface area contributed by atoms with Crippen LogP contribution in [-0.4, -0.2) is 40.2 Å². The van der Waals surface area contributed by atoms with Gasteiger partial charge < -0.3 is 15.0 Å². The number of carbonyl (C=O) groups excluding carboxylic acids is 1. The molecule has 1 N–H and O–H groups in total. The summed E-state index contributed by atoms with van der Waals surface area (Å²) in [5.74, 6) is -0.328. The lowest BCUT2D eigenvalue weighted by Crippen LogP contribution is -2.36. The Morgan fingerprint density at radius 1 is 1.17 bits per heavy atom. The summed E-state index contributed by atoms with van der Waals surface area (Å²) >= 11 is 7.00. The van der Waals surface area contributed by atoms with Crippen molar-refractivity contribution in [2.24, 2.45) is 0 Å². The maximum absolute atomic E-state index is 13.0. The highest BCUT2D eigenvalue weighted by Crippen LogP contribution is 2.33. The molecular formula is C26H26F3N3O2S2. The average molecular weight is 534 g/mol. The molecule has 1 fully saturated rings. The van der Waals surface area contributed by atoms with E-state index in [1.54, 1.807) is 29.6 Å². The number of thiazole rings is 1.